The van der Waals surface area contributed by atoms with Crippen molar-refractivity contribution in [1.29, 1.82) is 0 Å². The molecule has 3 unspecified atom stereocenters. The smallest absolute Gasteiger partial charge is 0.129 e. The Bertz CT molecular complexity index is 468. The molecule has 2 N–H and O–H groups in total. The Labute approximate surface area is 126 Å². The highest BCUT2D eigenvalue weighted by Crippen LogP contribution is 2.32. The van der Waals surface area contributed by atoms with E-state index in [2.05, 4.69) is 17.3 Å². The van der Waals surface area contributed by atoms with Crippen LogP contribution >= 0.6 is 0 Å². The van der Waals surface area contributed by atoms with Gasteiger partial charge in [0.25, 0.3) is 0 Å². The first kappa shape index (κ1) is 14.9. The van der Waals surface area contributed by atoms with Crippen molar-refractivity contribution in [2.24, 2.45) is 0 Å². The molecule has 2 fully saturated rings. The van der Waals surface area contributed by atoms with E-state index in [-0.39, 0.29) is 5.82 Å². The molecule has 0 amide bonds. The second kappa shape index (κ2) is 6.42. The van der Waals surface area contributed by atoms with Crippen molar-refractivity contribution in [2.45, 2.75) is 56.3 Å². The number of aliphatic hydroxyl groups is 1. The SMILES string of the molecule is CN1C2CCCC1CC(NCC(O)c1ccccc1F)C2. The Kier molecular flexibility index (Phi) is 4.57. The molecule has 2 heterocycles. The van der Waals surface area contributed by atoms with Gasteiger partial charge in [0.15, 0.2) is 0 Å². The van der Waals surface area contributed by atoms with Crippen molar-refractivity contribution in [2.75, 3.05) is 13.6 Å². The lowest BCUT2D eigenvalue weighted by atomic mass is 9.82. The molecule has 3 atom stereocenters. The summed E-state index contributed by atoms with van der Waals surface area (Å²) < 4.78 is 13.7. The van der Waals surface area contributed by atoms with Crippen LogP contribution in [0.2, 0.25) is 0 Å². The summed E-state index contributed by atoms with van der Waals surface area (Å²) in [5.74, 6) is -0.327. The minimum Gasteiger partial charge on any atom is -0.387 e. The van der Waals surface area contributed by atoms with Gasteiger partial charge in [-0.2, -0.15) is 0 Å². The first-order valence-corrected chi connectivity index (χ1v) is 8.03. The predicted octanol–water partition coefficient (Wildman–Crippen LogP) is 2.46. The fourth-order valence-electron chi connectivity index (χ4n) is 3.92. The monoisotopic (exact) mass is 292 g/mol. The van der Waals surface area contributed by atoms with Crippen LogP contribution < -0.4 is 5.32 Å². The van der Waals surface area contributed by atoms with Crippen LogP contribution in [0.1, 0.15) is 43.8 Å². The summed E-state index contributed by atoms with van der Waals surface area (Å²) in [6.07, 6.45) is 5.39. The molecule has 116 valence electrons. The highest BCUT2D eigenvalue weighted by Gasteiger charge is 2.35. The third kappa shape index (κ3) is 3.28. The van der Waals surface area contributed by atoms with Gasteiger partial charge in [0, 0.05) is 30.2 Å². The maximum absolute atomic E-state index is 13.7. The summed E-state index contributed by atoms with van der Waals surface area (Å²) in [4.78, 5) is 2.52. The van der Waals surface area contributed by atoms with Crippen molar-refractivity contribution in [1.82, 2.24) is 10.2 Å². The van der Waals surface area contributed by atoms with Crippen LogP contribution in [0.15, 0.2) is 24.3 Å². The van der Waals surface area contributed by atoms with Gasteiger partial charge in [-0.25, -0.2) is 4.39 Å². The van der Waals surface area contributed by atoms with E-state index >= 15 is 0 Å². The third-order valence-corrected chi connectivity index (χ3v) is 5.20. The number of aliphatic hydroxyl groups excluding tert-OH is 1. The van der Waals surface area contributed by atoms with Crippen molar-refractivity contribution in [3.05, 3.63) is 35.6 Å². The third-order valence-electron chi connectivity index (χ3n) is 5.20. The molecule has 2 saturated heterocycles. The molecule has 2 bridgehead atoms. The number of nitrogens with zero attached hydrogens (tertiary/aromatic N) is 1. The average Bonchev–Trinajstić information content (AvgIpc) is 2.45. The summed E-state index contributed by atoms with van der Waals surface area (Å²) in [5, 5.41) is 13.6. The van der Waals surface area contributed by atoms with Gasteiger partial charge < -0.3 is 15.3 Å². The Hall–Kier alpha value is -0.970. The van der Waals surface area contributed by atoms with Crippen LogP contribution in [-0.2, 0) is 0 Å². The highest BCUT2D eigenvalue weighted by molar-refractivity contribution is 5.20. The van der Waals surface area contributed by atoms with E-state index in [1.54, 1.807) is 18.2 Å². The zero-order chi connectivity index (χ0) is 14.8. The van der Waals surface area contributed by atoms with Gasteiger partial charge >= 0.3 is 0 Å². The number of rotatable bonds is 4. The topological polar surface area (TPSA) is 35.5 Å². The number of halogens is 1. The summed E-state index contributed by atoms with van der Waals surface area (Å²) >= 11 is 0. The normalized spacial score (nSPS) is 31.1. The van der Waals surface area contributed by atoms with E-state index in [4.69, 9.17) is 0 Å². The molecular formula is C17H25FN2O. The minimum atomic E-state index is -0.773. The first-order valence-electron chi connectivity index (χ1n) is 8.03. The molecular weight excluding hydrogens is 267 g/mol. The molecule has 0 saturated carbocycles. The lowest BCUT2D eigenvalue weighted by molar-refractivity contribution is 0.0445. The molecule has 0 radical (unpaired) electrons. The van der Waals surface area contributed by atoms with Gasteiger partial charge in [-0.3, -0.25) is 0 Å². The zero-order valence-electron chi connectivity index (χ0n) is 12.6. The van der Waals surface area contributed by atoms with E-state index in [1.807, 2.05) is 0 Å². The summed E-state index contributed by atoms with van der Waals surface area (Å²) in [5.41, 5.74) is 0.387. The van der Waals surface area contributed by atoms with Gasteiger partial charge in [-0.1, -0.05) is 24.6 Å². The minimum absolute atomic E-state index is 0.327. The van der Waals surface area contributed by atoms with E-state index in [0.29, 0.717) is 30.2 Å². The standard InChI is InChI=1S/C17H25FN2O/c1-20-13-5-4-6-14(20)10-12(9-13)19-11-17(21)15-7-2-3-8-16(15)18/h2-3,7-8,12-14,17,19,21H,4-6,9-11H2,1H3. The molecule has 2 aliphatic heterocycles. The van der Waals surface area contributed by atoms with Crippen LogP contribution in [0.4, 0.5) is 4.39 Å². The maximum atomic E-state index is 13.7. The lowest BCUT2D eigenvalue weighted by Crippen LogP contribution is -2.54. The Morgan fingerprint density at radius 1 is 1.29 bits per heavy atom. The first-order chi connectivity index (χ1) is 10.1. The van der Waals surface area contributed by atoms with Gasteiger partial charge in [0.05, 0.1) is 6.10 Å². The number of hydrogen-bond acceptors (Lipinski definition) is 3. The maximum Gasteiger partial charge on any atom is 0.129 e. The van der Waals surface area contributed by atoms with Gasteiger partial charge in [-0.15, -0.1) is 0 Å². The Morgan fingerprint density at radius 3 is 2.62 bits per heavy atom. The molecule has 1 aromatic carbocycles. The van der Waals surface area contributed by atoms with Crippen molar-refractivity contribution in [3.8, 4) is 0 Å². The lowest BCUT2D eigenvalue weighted by Gasteiger charge is -2.47. The molecule has 1 aromatic rings. The molecule has 2 aliphatic rings. The predicted molar refractivity (Wildman–Crippen MR) is 81.6 cm³/mol. The van der Waals surface area contributed by atoms with Crippen molar-refractivity contribution in [3.63, 3.8) is 0 Å². The molecule has 21 heavy (non-hydrogen) atoms. The van der Waals surface area contributed by atoms with E-state index < -0.39 is 6.10 Å². The van der Waals surface area contributed by atoms with Crippen LogP contribution in [-0.4, -0.2) is 41.7 Å². The molecule has 3 rings (SSSR count). The van der Waals surface area contributed by atoms with Gasteiger partial charge in [0.2, 0.25) is 0 Å². The Morgan fingerprint density at radius 2 is 1.95 bits per heavy atom. The fraction of sp³-hybridized carbons (Fsp3) is 0.647. The van der Waals surface area contributed by atoms with Crippen LogP contribution in [0, 0.1) is 5.82 Å². The van der Waals surface area contributed by atoms with Crippen molar-refractivity contribution >= 4 is 0 Å². The summed E-state index contributed by atoms with van der Waals surface area (Å²) in [6, 6.07) is 8.25. The van der Waals surface area contributed by atoms with E-state index in [0.717, 1.165) is 12.8 Å². The van der Waals surface area contributed by atoms with Gasteiger partial charge in [-0.05, 0) is 38.8 Å². The average molecular weight is 292 g/mol. The van der Waals surface area contributed by atoms with Crippen LogP contribution in [0.3, 0.4) is 0 Å². The number of fused-ring (bicyclic) bond motifs is 2. The van der Waals surface area contributed by atoms with Gasteiger partial charge in [0.1, 0.15) is 5.82 Å². The number of benzene rings is 1. The molecule has 0 spiro atoms. The van der Waals surface area contributed by atoms with Crippen LogP contribution in [0.5, 0.6) is 0 Å². The fourth-order valence-corrected chi connectivity index (χ4v) is 3.92. The summed E-state index contributed by atoms with van der Waals surface area (Å²) in [7, 11) is 2.24. The molecule has 4 heteroatoms. The molecule has 3 nitrogen and oxygen atoms in total. The zero-order valence-corrected chi connectivity index (χ0v) is 12.6. The largest absolute Gasteiger partial charge is 0.387 e. The Balaban J connectivity index is 1.55. The number of piperidine rings is 2. The van der Waals surface area contributed by atoms with Crippen molar-refractivity contribution < 1.29 is 9.50 Å². The highest BCUT2D eigenvalue weighted by atomic mass is 19.1. The molecule has 0 aromatic heterocycles. The molecule has 0 aliphatic carbocycles. The van der Waals surface area contributed by atoms with E-state index in [9.17, 15) is 9.50 Å². The number of hydrogen-bond donors (Lipinski definition) is 2. The quantitative estimate of drug-likeness (QED) is 0.895. The summed E-state index contributed by atoms with van der Waals surface area (Å²) in [6.45, 7) is 0.425. The second-order valence-electron chi connectivity index (χ2n) is 6.52. The van der Waals surface area contributed by atoms with E-state index in [1.165, 1.54) is 25.3 Å². The second-order valence-corrected chi connectivity index (χ2v) is 6.52. The van der Waals surface area contributed by atoms with Crippen LogP contribution in [0.25, 0.3) is 0 Å². The number of nitrogens with one attached hydrogen (secondary N) is 1.